The number of hydrogen-bond donors (Lipinski definition) is 2. The summed E-state index contributed by atoms with van der Waals surface area (Å²) >= 11 is 6.03. The van der Waals surface area contributed by atoms with Crippen LogP contribution in [0.5, 0.6) is 11.5 Å². The molecular weight excluding hydrogens is 266 g/mol. The van der Waals surface area contributed by atoms with Gasteiger partial charge in [0.15, 0.2) is 11.5 Å². The van der Waals surface area contributed by atoms with Crippen LogP contribution in [0, 0.1) is 0 Å². The SMILES string of the molecule is COc1cccc(C(=O)NC2CCC(Cl)CC2)c1O. The zero-order chi connectivity index (χ0) is 13.8. The number of phenolic OH excluding ortho intramolecular Hbond substituents is 1. The topological polar surface area (TPSA) is 58.6 Å². The van der Waals surface area contributed by atoms with Crippen LogP contribution >= 0.6 is 11.6 Å². The largest absolute Gasteiger partial charge is 0.504 e. The van der Waals surface area contributed by atoms with Crippen molar-refractivity contribution in [2.45, 2.75) is 37.1 Å². The number of para-hydroxylation sites is 1. The average Bonchev–Trinajstić information content (AvgIpc) is 2.41. The van der Waals surface area contributed by atoms with Gasteiger partial charge < -0.3 is 15.2 Å². The number of carbonyl (C=O) groups excluding carboxylic acids is 1. The van der Waals surface area contributed by atoms with Crippen LogP contribution in [0.15, 0.2) is 18.2 Å². The molecule has 0 aromatic heterocycles. The first-order chi connectivity index (χ1) is 9.11. The van der Waals surface area contributed by atoms with Crippen molar-refractivity contribution < 1.29 is 14.6 Å². The lowest BCUT2D eigenvalue weighted by Crippen LogP contribution is -2.37. The van der Waals surface area contributed by atoms with Crippen LogP contribution in [0.4, 0.5) is 0 Å². The van der Waals surface area contributed by atoms with Crippen LogP contribution < -0.4 is 10.1 Å². The lowest BCUT2D eigenvalue weighted by Gasteiger charge is -2.26. The van der Waals surface area contributed by atoms with E-state index in [9.17, 15) is 9.90 Å². The van der Waals surface area contributed by atoms with Gasteiger partial charge in [-0.3, -0.25) is 4.79 Å². The lowest BCUT2D eigenvalue weighted by atomic mass is 9.95. The number of benzene rings is 1. The highest BCUT2D eigenvalue weighted by Gasteiger charge is 2.23. The molecule has 0 spiro atoms. The van der Waals surface area contributed by atoms with Gasteiger partial charge in [-0.05, 0) is 37.8 Å². The first-order valence-electron chi connectivity index (χ1n) is 6.42. The summed E-state index contributed by atoms with van der Waals surface area (Å²) < 4.78 is 4.99. The fraction of sp³-hybridized carbons (Fsp3) is 0.500. The van der Waals surface area contributed by atoms with Crippen molar-refractivity contribution in [3.63, 3.8) is 0 Å². The van der Waals surface area contributed by atoms with Gasteiger partial charge in [-0.2, -0.15) is 0 Å². The molecule has 0 heterocycles. The summed E-state index contributed by atoms with van der Waals surface area (Å²) in [6.45, 7) is 0. The van der Waals surface area contributed by atoms with Crippen LogP contribution in [-0.2, 0) is 0 Å². The molecule has 1 amide bonds. The standard InChI is InChI=1S/C14H18ClNO3/c1-19-12-4-2-3-11(13(12)17)14(18)16-10-7-5-9(15)6-8-10/h2-4,9-10,17H,5-8H2,1H3,(H,16,18). The summed E-state index contributed by atoms with van der Waals surface area (Å²) in [4.78, 5) is 12.1. The van der Waals surface area contributed by atoms with Crippen molar-refractivity contribution in [3.8, 4) is 11.5 Å². The smallest absolute Gasteiger partial charge is 0.255 e. The maximum atomic E-state index is 12.1. The molecule has 0 radical (unpaired) electrons. The monoisotopic (exact) mass is 283 g/mol. The van der Waals surface area contributed by atoms with Crippen molar-refractivity contribution in [2.24, 2.45) is 0 Å². The van der Waals surface area contributed by atoms with Gasteiger partial charge in [0.2, 0.25) is 0 Å². The van der Waals surface area contributed by atoms with Crippen molar-refractivity contribution in [2.75, 3.05) is 7.11 Å². The van der Waals surface area contributed by atoms with Crippen LogP contribution in [0.2, 0.25) is 0 Å². The highest BCUT2D eigenvalue weighted by atomic mass is 35.5. The number of amides is 1. The van der Waals surface area contributed by atoms with Gasteiger partial charge in [0, 0.05) is 11.4 Å². The predicted molar refractivity (Wildman–Crippen MR) is 74.0 cm³/mol. The van der Waals surface area contributed by atoms with Gasteiger partial charge in [-0.1, -0.05) is 6.07 Å². The van der Waals surface area contributed by atoms with Gasteiger partial charge in [0.1, 0.15) is 0 Å². The summed E-state index contributed by atoms with van der Waals surface area (Å²) in [5.74, 6) is -0.0833. The Hall–Kier alpha value is -1.42. The normalized spacial score (nSPS) is 22.8. The number of methoxy groups -OCH3 is 1. The van der Waals surface area contributed by atoms with Crippen molar-refractivity contribution in [3.05, 3.63) is 23.8 Å². The molecule has 0 unspecified atom stereocenters. The van der Waals surface area contributed by atoms with E-state index in [4.69, 9.17) is 16.3 Å². The van der Waals surface area contributed by atoms with Crippen LogP contribution in [-0.4, -0.2) is 29.5 Å². The summed E-state index contributed by atoms with van der Waals surface area (Å²) in [6.07, 6.45) is 3.59. The Morgan fingerprint density at radius 3 is 2.68 bits per heavy atom. The first-order valence-corrected chi connectivity index (χ1v) is 6.86. The summed E-state index contributed by atoms with van der Waals surface area (Å²) in [6, 6.07) is 5.02. The fourth-order valence-electron chi connectivity index (χ4n) is 2.33. The zero-order valence-electron chi connectivity index (χ0n) is 10.9. The molecule has 0 aliphatic heterocycles. The Bertz CT molecular complexity index is 456. The van der Waals surface area contributed by atoms with Crippen LogP contribution in [0.3, 0.4) is 0 Å². The Morgan fingerprint density at radius 1 is 1.37 bits per heavy atom. The number of nitrogens with one attached hydrogen (secondary N) is 1. The number of alkyl halides is 1. The summed E-state index contributed by atoms with van der Waals surface area (Å²) in [5, 5.41) is 13.1. The second kappa shape index (κ2) is 6.15. The Labute approximate surface area is 117 Å². The molecule has 1 aromatic rings. The molecule has 0 atom stereocenters. The maximum Gasteiger partial charge on any atom is 0.255 e. The number of hydrogen-bond acceptors (Lipinski definition) is 3. The second-order valence-electron chi connectivity index (χ2n) is 4.78. The number of carbonyl (C=O) groups is 1. The van der Waals surface area contributed by atoms with Crippen LogP contribution in [0.25, 0.3) is 0 Å². The molecule has 1 aromatic carbocycles. The maximum absolute atomic E-state index is 12.1. The molecule has 2 rings (SSSR count). The quantitative estimate of drug-likeness (QED) is 0.839. The minimum Gasteiger partial charge on any atom is -0.504 e. The Morgan fingerprint density at radius 2 is 2.05 bits per heavy atom. The molecule has 0 bridgehead atoms. The third-order valence-corrected chi connectivity index (χ3v) is 3.89. The minimum absolute atomic E-state index is 0.117. The summed E-state index contributed by atoms with van der Waals surface area (Å²) in [5.41, 5.74) is 0.243. The molecule has 4 nitrogen and oxygen atoms in total. The molecule has 1 saturated carbocycles. The average molecular weight is 284 g/mol. The fourth-order valence-corrected chi connectivity index (χ4v) is 2.58. The number of halogens is 1. The van der Waals surface area contributed by atoms with Crippen molar-refractivity contribution in [1.82, 2.24) is 5.32 Å². The first kappa shape index (κ1) is 14.0. The van der Waals surface area contributed by atoms with E-state index in [0.717, 1.165) is 25.7 Å². The van der Waals surface area contributed by atoms with Gasteiger partial charge >= 0.3 is 0 Å². The van der Waals surface area contributed by atoms with E-state index in [1.165, 1.54) is 7.11 Å². The lowest BCUT2D eigenvalue weighted by molar-refractivity contribution is 0.0924. The third kappa shape index (κ3) is 3.32. The number of rotatable bonds is 3. The number of ether oxygens (including phenoxy) is 1. The van der Waals surface area contributed by atoms with Gasteiger partial charge in [0.05, 0.1) is 12.7 Å². The molecule has 1 aliphatic rings. The van der Waals surface area contributed by atoms with E-state index in [1.807, 2.05) is 0 Å². The van der Waals surface area contributed by atoms with E-state index in [2.05, 4.69) is 5.32 Å². The highest BCUT2D eigenvalue weighted by Crippen LogP contribution is 2.30. The van der Waals surface area contributed by atoms with Gasteiger partial charge in [0.25, 0.3) is 5.91 Å². The molecule has 0 saturated heterocycles. The molecular formula is C14H18ClNO3. The third-order valence-electron chi connectivity index (χ3n) is 3.46. The highest BCUT2D eigenvalue weighted by molar-refractivity contribution is 6.20. The van der Waals surface area contributed by atoms with E-state index >= 15 is 0 Å². The van der Waals surface area contributed by atoms with E-state index in [0.29, 0.717) is 5.75 Å². The van der Waals surface area contributed by atoms with Crippen LogP contribution in [0.1, 0.15) is 36.0 Å². The Balaban J connectivity index is 2.04. The predicted octanol–water partition coefficient (Wildman–Crippen LogP) is 2.68. The molecule has 1 fully saturated rings. The Kier molecular flexibility index (Phi) is 4.53. The van der Waals surface area contributed by atoms with Gasteiger partial charge in [-0.25, -0.2) is 0 Å². The molecule has 2 N–H and O–H groups in total. The zero-order valence-corrected chi connectivity index (χ0v) is 11.6. The van der Waals surface area contributed by atoms with Crippen molar-refractivity contribution >= 4 is 17.5 Å². The number of phenols is 1. The second-order valence-corrected chi connectivity index (χ2v) is 5.40. The molecule has 104 valence electrons. The van der Waals surface area contributed by atoms with E-state index in [1.54, 1.807) is 18.2 Å². The molecule has 5 heteroatoms. The van der Waals surface area contributed by atoms with E-state index < -0.39 is 0 Å². The van der Waals surface area contributed by atoms with Crippen molar-refractivity contribution in [1.29, 1.82) is 0 Å². The van der Waals surface area contributed by atoms with Gasteiger partial charge in [-0.15, -0.1) is 11.6 Å². The molecule has 1 aliphatic carbocycles. The van der Waals surface area contributed by atoms with E-state index in [-0.39, 0.29) is 28.6 Å². The molecule has 19 heavy (non-hydrogen) atoms. The number of aromatic hydroxyl groups is 1. The minimum atomic E-state index is -0.269. The summed E-state index contributed by atoms with van der Waals surface area (Å²) in [7, 11) is 1.46.